The van der Waals surface area contributed by atoms with E-state index in [1.54, 1.807) is 0 Å². The van der Waals surface area contributed by atoms with Crippen LogP contribution in [-0.2, 0) is 44.0 Å². The third-order valence-electron chi connectivity index (χ3n) is 5.67. The first-order chi connectivity index (χ1) is 14.3. The topological polar surface area (TPSA) is 27.7 Å². The molecule has 4 nitrogen and oxygen atoms in total. The van der Waals surface area contributed by atoms with Gasteiger partial charge in [0.05, 0.1) is 33.0 Å². The summed E-state index contributed by atoms with van der Waals surface area (Å²) in [4.78, 5) is 0. The van der Waals surface area contributed by atoms with Crippen molar-refractivity contribution in [1.29, 1.82) is 0 Å². The summed E-state index contributed by atoms with van der Waals surface area (Å²) in [5, 5.41) is 0. The number of ether oxygens (including phenoxy) is 3. The molecule has 0 aliphatic carbocycles. The second kappa shape index (κ2) is 14.2. The summed E-state index contributed by atoms with van der Waals surface area (Å²) in [5.41, 5.74) is 1.42. The molecular weight excluding hydrogens is 451 g/mol. The summed E-state index contributed by atoms with van der Waals surface area (Å²) >= 11 is 0. The predicted molar refractivity (Wildman–Crippen MR) is 117 cm³/mol. The molecule has 2 aromatic rings. The molecule has 0 unspecified atom stereocenters. The molecule has 0 spiro atoms. The first kappa shape index (κ1) is 25.3. The molecule has 1 aliphatic rings. The largest absolute Gasteiger partial charge is 0.494 e. The Labute approximate surface area is 207 Å². The average Bonchev–Trinajstić information content (AvgIpc) is 2.76. The van der Waals surface area contributed by atoms with E-state index in [0.29, 0.717) is 0 Å². The van der Waals surface area contributed by atoms with Crippen molar-refractivity contribution in [1.82, 2.24) is 0 Å². The van der Waals surface area contributed by atoms with Gasteiger partial charge in [-0.3, -0.25) is 0 Å². The quantitative estimate of drug-likeness (QED) is 0.309. The molecule has 3 rings (SSSR count). The maximum atomic E-state index is 5.94. The normalized spacial score (nSPS) is 15.2. The van der Waals surface area contributed by atoms with Crippen LogP contribution < -0.4 is 9.47 Å². The van der Waals surface area contributed by atoms with Gasteiger partial charge < -0.3 is 18.7 Å². The molecule has 1 aliphatic heterocycles. The van der Waals surface area contributed by atoms with Crippen molar-refractivity contribution in [2.75, 3.05) is 46.1 Å². The molecule has 1 fully saturated rings. The number of nitrogens with zero attached hydrogens (tertiary/aromatic N) is 1. The molecule has 0 amide bonds. The molecule has 0 aromatic heterocycles. The van der Waals surface area contributed by atoms with Crippen LogP contribution in [-0.4, -0.2) is 50.5 Å². The van der Waals surface area contributed by atoms with Crippen molar-refractivity contribution in [2.24, 2.45) is 0 Å². The number of unbranched alkanes of at least 4 members (excludes halogenated alkanes) is 2. The van der Waals surface area contributed by atoms with Gasteiger partial charge in [-0.05, 0) is 43.5 Å². The van der Waals surface area contributed by atoms with Crippen LogP contribution in [0.4, 0.5) is 0 Å². The summed E-state index contributed by atoms with van der Waals surface area (Å²) < 4.78 is 18.4. The van der Waals surface area contributed by atoms with Gasteiger partial charge in [0.25, 0.3) is 0 Å². The van der Waals surface area contributed by atoms with Crippen LogP contribution in [0.2, 0.25) is 0 Å². The molecule has 5 heteroatoms. The number of rotatable bonds is 12. The summed E-state index contributed by atoms with van der Waals surface area (Å²) in [5.74, 6) is 1.85. The smallest absolute Gasteiger partial charge is 0.119 e. The monoisotopic (exact) mass is 487 g/mol. The van der Waals surface area contributed by atoms with Gasteiger partial charge in [0.2, 0.25) is 0 Å². The Bertz CT molecular complexity index is 687. The second-order valence-corrected chi connectivity index (χ2v) is 8.00. The van der Waals surface area contributed by atoms with Crippen molar-refractivity contribution in [3.05, 3.63) is 60.2 Å². The molecule has 30 heavy (non-hydrogen) atoms. The van der Waals surface area contributed by atoms with E-state index in [1.807, 2.05) is 24.3 Å². The molecule has 1 saturated heterocycles. The zero-order valence-corrected chi connectivity index (χ0v) is 21.3. The molecule has 0 saturated carbocycles. The Hall–Kier alpha value is -0.936. The third kappa shape index (κ3) is 8.66. The fraction of sp³-hybridized carbons (Fsp3) is 0.520. The number of hydrogen-bond donors (Lipinski definition) is 0. The van der Waals surface area contributed by atoms with Crippen molar-refractivity contribution >= 4 is 0 Å². The van der Waals surface area contributed by atoms with Crippen molar-refractivity contribution < 1.29 is 51.4 Å². The Morgan fingerprint density at radius 1 is 0.800 bits per heavy atom. The average molecular weight is 487 g/mol. The predicted octanol–water partition coefficient (Wildman–Crippen LogP) is 5.07. The van der Waals surface area contributed by atoms with Crippen LogP contribution in [0.5, 0.6) is 11.5 Å². The van der Waals surface area contributed by atoms with Gasteiger partial charge in [0.1, 0.15) is 31.1 Å². The maximum absolute atomic E-state index is 5.94. The molecule has 1 radical (unpaired) electrons. The van der Waals surface area contributed by atoms with E-state index >= 15 is 0 Å². The van der Waals surface area contributed by atoms with Gasteiger partial charge in [-0.2, -0.15) is 0 Å². The Kier molecular flexibility index (Phi) is 12.0. The minimum Gasteiger partial charge on any atom is -0.494 e. The maximum Gasteiger partial charge on any atom is 0.119 e. The van der Waals surface area contributed by atoms with E-state index in [2.05, 4.69) is 37.3 Å². The van der Waals surface area contributed by atoms with Crippen LogP contribution in [0.3, 0.4) is 0 Å². The molecule has 1 heterocycles. The summed E-state index contributed by atoms with van der Waals surface area (Å²) in [6.07, 6.45) is 4.49. The van der Waals surface area contributed by atoms with Gasteiger partial charge in [0, 0.05) is 38.3 Å². The van der Waals surface area contributed by atoms with Crippen LogP contribution in [0, 0.1) is 0 Å². The molecule has 161 valence electrons. The molecule has 0 bridgehead atoms. The molecule has 0 atom stereocenters. The first-order valence-corrected chi connectivity index (χ1v) is 11.1. The Morgan fingerprint density at radius 2 is 1.40 bits per heavy atom. The fourth-order valence-electron chi connectivity index (χ4n) is 3.87. The number of hydrogen-bond acceptors (Lipinski definition) is 3. The van der Waals surface area contributed by atoms with Crippen LogP contribution in [0.15, 0.2) is 54.6 Å². The Balaban J connectivity index is 0.00000320. The van der Waals surface area contributed by atoms with Gasteiger partial charge in [-0.15, -0.1) is 0 Å². The SMILES string of the molecule is CCCCOc1ccc(OCCCC[N+]2(Cc3ccccc3)CCOCC2)cc1.[Y]. The number of benzene rings is 2. The van der Waals surface area contributed by atoms with Crippen LogP contribution in [0.1, 0.15) is 38.2 Å². The second-order valence-electron chi connectivity index (χ2n) is 8.00. The van der Waals surface area contributed by atoms with E-state index < -0.39 is 0 Å². The summed E-state index contributed by atoms with van der Waals surface area (Å²) in [6.45, 7) is 9.96. The standard InChI is InChI=1S/C25H36NO3.Y/c1-2-3-18-28-24-11-13-25(14-12-24)29-19-8-7-15-26(16-20-27-21-17-26)22-23-9-5-4-6-10-23;/h4-6,9-14H,2-3,7-8,15-22H2,1H3;/q+1;. The molecule has 0 N–H and O–H groups in total. The zero-order valence-electron chi connectivity index (χ0n) is 18.4. The van der Waals surface area contributed by atoms with Crippen molar-refractivity contribution in [3.8, 4) is 11.5 Å². The molecular formula is C25H36NO3Y+. The van der Waals surface area contributed by atoms with Gasteiger partial charge >= 0.3 is 0 Å². The number of morpholine rings is 1. The van der Waals surface area contributed by atoms with Crippen molar-refractivity contribution in [2.45, 2.75) is 39.2 Å². The van der Waals surface area contributed by atoms with E-state index in [-0.39, 0.29) is 32.7 Å². The molecule has 2 aromatic carbocycles. The first-order valence-electron chi connectivity index (χ1n) is 11.1. The van der Waals surface area contributed by atoms with E-state index in [1.165, 1.54) is 18.5 Å². The Morgan fingerprint density at radius 3 is 2.00 bits per heavy atom. The van der Waals surface area contributed by atoms with Gasteiger partial charge in [-0.25, -0.2) is 0 Å². The number of quaternary nitrogens is 1. The van der Waals surface area contributed by atoms with Crippen molar-refractivity contribution in [3.63, 3.8) is 0 Å². The van der Waals surface area contributed by atoms with Crippen LogP contribution in [0.25, 0.3) is 0 Å². The van der Waals surface area contributed by atoms with Crippen LogP contribution >= 0.6 is 0 Å². The minimum absolute atomic E-state index is 0. The van der Waals surface area contributed by atoms with E-state index in [4.69, 9.17) is 14.2 Å². The van der Waals surface area contributed by atoms with Gasteiger partial charge in [-0.1, -0.05) is 43.7 Å². The van der Waals surface area contributed by atoms with E-state index in [9.17, 15) is 0 Å². The zero-order chi connectivity index (χ0) is 20.2. The minimum atomic E-state index is 0. The third-order valence-corrected chi connectivity index (χ3v) is 5.67. The fourth-order valence-corrected chi connectivity index (χ4v) is 3.87. The summed E-state index contributed by atoms with van der Waals surface area (Å²) in [6, 6.07) is 18.9. The van der Waals surface area contributed by atoms with E-state index in [0.717, 1.165) is 81.3 Å². The summed E-state index contributed by atoms with van der Waals surface area (Å²) in [7, 11) is 0. The van der Waals surface area contributed by atoms with Gasteiger partial charge in [0.15, 0.2) is 0 Å².